The lowest BCUT2D eigenvalue weighted by atomic mass is 10.1. The molecule has 0 spiro atoms. The number of hydrogen-bond donors (Lipinski definition) is 1. The molecule has 2 aromatic carbocycles. The molecule has 122 valence electrons. The number of aromatic nitrogens is 2. The Labute approximate surface area is 143 Å². The third kappa shape index (κ3) is 3.81. The molecule has 0 saturated carbocycles. The first-order valence-electron chi connectivity index (χ1n) is 7.59. The number of carbonyl (C=O) groups is 1. The topological polar surface area (TPSA) is 64.0 Å². The van der Waals surface area contributed by atoms with E-state index in [2.05, 4.69) is 10.3 Å². The van der Waals surface area contributed by atoms with Gasteiger partial charge in [-0.1, -0.05) is 41.9 Å². The van der Waals surface area contributed by atoms with Crippen molar-refractivity contribution in [3.05, 3.63) is 75.8 Å². The maximum absolute atomic E-state index is 12.4. The van der Waals surface area contributed by atoms with E-state index in [-0.39, 0.29) is 18.0 Å². The summed E-state index contributed by atoms with van der Waals surface area (Å²) in [7, 11) is 0. The van der Waals surface area contributed by atoms with Gasteiger partial charge in [0.1, 0.15) is 6.54 Å². The molecule has 3 rings (SSSR count). The monoisotopic (exact) mass is 341 g/mol. The molecule has 24 heavy (non-hydrogen) atoms. The molecule has 0 aliphatic rings. The van der Waals surface area contributed by atoms with Gasteiger partial charge >= 0.3 is 0 Å². The summed E-state index contributed by atoms with van der Waals surface area (Å²) in [5.41, 5.74) is 1.43. The molecule has 0 atom stereocenters. The molecule has 3 aromatic rings. The summed E-state index contributed by atoms with van der Waals surface area (Å²) in [6, 6.07) is 14.8. The second-order valence-corrected chi connectivity index (χ2v) is 5.86. The molecule has 0 aliphatic heterocycles. The fraction of sp³-hybridized carbons (Fsp3) is 0.167. The smallest absolute Gasteiger partial charge is 0.261 e. The molecule has 0 radical (unpaired) electrons. The van der Waals surface area contributed by atoms with E-state index in [9.17, 15) is 9.59 Å². The zero-order valence-corrected chi connectivity index (χ0v) is 13.7. The van der Waals surface area contributed by atoms with Crippen LogP contribution in [0, 0.1) is 0 Å². The van der Waals surface area contributed by atoms with Crippen LogP contribution in [0.15, 0.2) is 59.7 Å². The molecule has 1 N–H and O–H groups in total. The number of rotatable bonds is 5. The maximum atomic E-state index is 12.4. The molecule has 0 bridgehead atoms. The van der Waals surface area contributed by atoms with Gasteiger partial charge in [-0.25, -0.2) is 4.98 Å². The van der Waals surface area contributed by atoms with Crippen LogP contribution in [0.1, 0.15) is 5.56 Å². The van der Waals surface area contributed by atoms with Gasteiger partial charge in [0.15, 0.2) is 0 Å². The first kappa shape index (κ1) is 16.2. The van der Waals surface area contributed by atoms with Gasteiger partial charge in [0.25, 0.3) is 5.56 Å². The number of benzene rings is 2. The summed E-state index contributed by atoms with van der Waals surface area (Å²) in [5.74, 6) is -0.226. The Bertz CT molecular complexity index is 922. The Morgan fingerprint density at radius 2 is 1.96 bits per heavy atom. The van der Waals surface area contributed by atoms with Crippen LogP contribution in [0.5, 0.6) is 0 Å². The van der Waals surface area contributed by atoms with Crippen molar-refractivity contribution in [2.45, 2.75) is 13.0 Å². The number of nitrogens with zero attached hydrogens (tertiary/aromatic N) is 2. The molecule has 1 aromatic heterocycles. The fourth-order valence-corrected chi connectivity index (χ4v) is 2.62. The van der Waals surface area contributed by atoms with Crippen molar-refractivity contribution < 1.29 is 4.79 Å². The Kier molecular flexibility index (Phi) is 4.91. The molecular weight excluding hydrogens is 326 g/mol. The predicted molar refractivity (Wildman–Crippen MR) is 94.2 cm³/mol. The SMILES string of the molecule is O=C(Cn1cnc2ccc(Cl)cc2c1=O)NCCc1ccccc1. The summed E-state index contributed by atoms with van der Waals surface area (Å²) in [6.45, 7) is 0.452. The third-order valence-corrected chi connectivity index (χ3v) is 3.91. The molecule has 0 unspecified atom stereocenters. The Hall–Kier alpha value is -2.66. The number of nitrogens with one attached hydrogen (secondary N) is 1. The van der Waals surface area contributed by atoms with Gasteiger partial charge in [0.2, 0.25) is 5.91 Å². The predicted octanol–water partition coefficient (Wildman–Crippen LogP) is 2.41. The fourth-order valence-electron chi connectivity index (χ4n) is 2.45. The van der Waals surface area contributed by atoms with Crippen LogP contribution in [0.25, 0.3) is 10.9 Å². The highest BCUT2D eigenvalue weighted by Gasteiger charge is 2.08. The van der Waals surface area contributed by atoms with Gasteiger partial charge in [0.05, 0.1) is 17.2 Å². The molecule has 0 aliphatic carbocycles. The van der Waals surface area contributed by atoms with Crippen LogP contribution in [0.4, 0.5) is 0 Å². The van der Waals surface area contributed by atoms with Crippen LogP contribution in [-0.2, 0) is 17.8 Å². The van der Waals surface area contributed by atoms with Crippen molar-refractivity contribution >= 4 is 28.4 Å². The number of amides is 1. The minimum Gasteiger partial charge on any atom is -0.354 e. The summed E-state index contributed by atoms with van der Waals surface area (Å²) < 4.78 is 1.29. The average Bonchev–Trinajstić information content (AvgIpc) is 2.59. The van der Waals surface area contributed by atoms with Crippen molar-refractivity contribution in [3.8, 4) is 0 Å². The van der Waals surface area contributed by atoms with Gasteiger partial charge in [-0.15, -0.1) is 0 Å². The standard InChI is InChI=1S/C18H16ClN3O2/c19-14-6-7-16-15(10-14)18(24)22(12-21-16)11-17(23)20-9-8-13-4-2-1-3-5-13/h1-7,10,12H,8-9,11H2,(H,20,23). The molecule has 0 fully saturated rings. The maximum Gasteiger partial charge on any atom is 0.261 e. The second kappa shape index (κ2) is 7.27. The van der Waals surface area contributed by atoms with Gasteiger partial charge in [-0.05, 0) is 30.2 Å². The van der Waals surface area contributed by atoms with Crippen LogP contribution < -0.4 is 10.9 Å². The van der Waals surface area contributed by atoms with E-state index in [0.29, 0.717) is 22.5 Å². The van der Waals surface area contributed by atoms with Gasteiger partial charge in [-0.2, -0.15) is 0 Å². The zero-order chi connectivity index (χ0) is 16.9. The van der Waals surface area contributed by atoms with Crippen LogP contribution in [0.3, 0.4) is 0 Å². The number of fused-ring (bicyclic) bond motifs is 1. The average molecular weight is 342 g/mol. The van der Waals surface area contributed by atoms with Gasteiger partial charge < -0.3 is 5.32 Å². The summed E-state index contributed by atoms with van der Waals surface area (Å²) in [5, 5.41) is 3.68. The normalized spacial score (nSPS) is 10.7. The molecule has 1 amide bonds. The molecule has 5 nitrogen and oxygen atoms in total. The molecule has 6 heteroatoms. The van der Waals surface area contributed by atoms with Crippen molar-refractivity contribution in [1.82, 2.24) is 14.9 Å². The minimum atomic E-state index is -0.277. The first-order valence-corrected chi connectivity index (χ1v) is 7.96. The van der Waals surface area contributed by atoms with E-state index >= 15 is 0 Å². The van der Waals surface area contributed by atoms with E-state index in [4.69, 9.17) is 11.6 Å². The summed E-state index contributed by atoms with van der Waals surface area (Å²) in [4.78, 5) is 28.6. The molecular formula is C18H16ClN3O2. The number of carbonyl (C=O) groups excluding carboxylic acids is 1. The Balaban J connectivity index is 1.65. The number of hydrogen-bond acceptors (Lipinski definition) is 3. The third-order valence-electron chi connectivity index (χ3n) is 3.68. The summed E-state index contributed by atoms with van der Waals surface area (Å²) >= 11 is 5.92. The highest BCUT2D eigenvalue weighted by atomic mass is 35.5. The van der Waals surface area contributed by atoms with Crippen molar-refractivity contribution in [1.29, 1.82) is 0 Å². The highest BCUT2D eigenvalue weighted by Crippen LogP contribution is 2.13. The lowest BCUT2D eigenvalue weighted by Crippen LogP contribution is -2.33. The van der Waals surface area contributed by atoms with Gasteiger partial charge in [0, 0.05) is 11.6 Å². The second-order valence-electron chi connectivity index (χ2n) is 5.42. The van der Waals surface area contributed by atoms with Crippen LogP contribution in [0.2, 0.25) is 5.02 Å². The van der Waals surface area contributed by atoms with E-state index in [1.54, 1.807) is 18.2 Å². The highest BCUT2D eigenvalue weighted by molar-refractivity contribution is 6.31. The molecule has 0 saturated heterocycles. The largest absolute Gasteiger partial charge is 0.354 e. The Morgan fingerprint density at radius 1 is 1.17 bits per heavy atom. The minimum absolute atomic E-state index is 0.0664. The van der Waals surface area contributed by atoms with Crippen LogP contribution >= 0.6 is 11.6 Å². The van der Waals surface area contributed by atoms with E-state index < -0.39 is 0 Å². The van der Waals surface area contributed by atoms with Crippen molar-refractivity contribution in [3.63, 3.8) is 0 Å². The first-order chi connectivity index (χ1) is 11.6. The summed E-state index contributed by atoms with van der Waals surface area (Å²) in [6.07, 6.45) is 2.13. The van der Waals surface area contributed by atoms with Gasteiger partial charge in [-0.3, -0.25) is 14.2 Å². The van der Waals surface area contributed by atoms with E-state index in [0.717, 1.165) is 12.0 Å². The number of halogens is 1. The van der Waals surface area contributed by atoms with Crippen molar-refractivity contribution in [2.24, 2.45) is 0 Å². The molecule has 1 heterocycles. The zero-order valence-electron chi connectivity index (χ0n) is 12.9. The van der Waals surface area contributed by atoms with E-state index in [1.165, 1.54) is 10.9 Å². The van der Waals surface area contributed by atoms with E-state index in [1.807, 2.05) is 30.3 Å². The van der Waals surface area contributed by atoms with Crippen molar-refractivity contribution in [2.75, 3.05) is 6.54 Å². The Morgan fingerprint density at radius 3 is 2.75 bits per heavy atom. The van der Waals surface area contributed by atoms with Crippen LogP contribution in [-0.4, -0.2) is 22.0 Å². The lowest BCUT2D eigenvalue weighted by molar-refractivity contribution is -0.121. The lowest BCUT2D eigenvalue weighted by Gasteiger charge is -2.08. The quantitative estimate of drug-likeness (QED) is 0.775.